The molecule has 0 fully saturated rings. The SMILES string of the molecule is COc1cc2ncc3c(N)nc(-c4cncc(OC[C@H](N)CN(C)Cc5cccc(F)c5)c4)cc3c2cc1OC. The average Bonchev–Trinajstić information content (AvgIpc) is 2.95. The summed E-state index contributed by atoms with van der Waals surface area (Å²) < 4.78 is 30.4. The lowest BCUT2D eigenvalue weighted by atomic mass is 10.0. The van der Waals surface area contributed by atoms with Crippen LogP contribution >= 0.6 is 0 Å². The van der Waals surface area contributed by atoms with Crippen LogP contribution in [0.15, 0.2) is 67.1 Å². The lowest BCUT2D eigenvalue weighted by molar-refractivity contribution is 0.232. The number of hydrogen-bond acceptors (Lipinski definition) is 9. The number of fused-ring (bicyclic) bond motifs is 3. The minimum absolute atomic E-state index is 0.251. The smallest absolute Gasteiger partial charge is 0.162 e. The number of rotatable bonds is 10. The summed E-state index contributed by atoms with van der Waals surface area (Å²) in [4.78, 5) is 15.5. The summed E-state index contributed by atoms with van der Waals surface area (Å²) in [6.07, 6.45) is 5.05. The molecule has 9 nitrogen and oxygen atoms in total. The molecule has 0 spiro atoms. The fraction of sp³-hybridized carbons (Fsp3) is 0.233. The highest BCUT2D eigenvalue weighted by Crippen LogP contribution is 2.37. The number of nitrogen functional groups attached to an aromatic ring is 1. The van der Waals surface area contributed by atoms with Gasteiger partial charge in [0.2, 0.25) is 0 Å². The first-order chi connectivity index (χ1) is 19.3. The van der Waals surface area contributed by atoms with E-state index in [1.54, 1.807) is 38.9 Å². The molecule has 0 saturated heterocycles. The molecule has 0 aliphatic carbocycles. The van der Waals surface area contributed by atoms with Gasteiger partial charge in [0.05, 0.1) is 37.7 Å². The van der Waals surface area contributed by atoms with Crippen LogP contribution in [0.3, 0.4) is 0 Å². The van der Waals surface area contributed by atoms with Crippen molar-refractivity contribution in [3.05, 3.63) is 78.5 Å². The zero-order valence-electron chi connectivity index (χ0n) is 22.6. The van der Waals surface area contributed by atoms with Crippen LogP contribution in [-0.4, -0.2) is 60.3 Å². The van der Waals surface area contributed by atoms with Crippen LogP contribution in [0, 0.1) is 5.82 Å². The summed E-state index contributed by atoms with van der Waals surface area (Å²) in [7, 11) is 5.12. The van der Waals surface area contributed by atoms with E-state index in [0.717, 1.165) is 32.8 Å². The molecule has 3 heterocycles. The van der Waals surface area contributed by atoms with Crippen LogP contribution in [0.5, 0.6) is 17.2 Å². The number of halogens is 1. The van der Waals surface area contributed by atoms with Gasteiger partial charge in [0.15, 0.2) is 11.5 Å². The quantitative estimate of drug-likeness (QED) is 0.247. The summed E-state index contributed by atoms with van der Waals surface area (Å²) in [5, 5.41) is 2.47. The summed E-state index contributed by atoms with van der Waals surface area (Å²) >= 11 is 0. The summed E-state index contributed by atoms with van der Waals surface area (Å²) in [5.74, 6) is 1.85. The van der Waals surface area contributed by atoms with Crippen molar-refractivity contribution in [1.29, 1.82) is 0 Å². The molecule has 0 saturated carbocycles. The Morgan fingerprint density at radius 2 is 1.75 bits per heavy atom. The standard InChI is InChI=1S/C30H31FN6O3/c1-37(15-18-5-4-6-20(31)7-18)16-21(32)17-40-22-8-19(12-34-13-22)26-9-23-24-10-28(38-2)29(39-3)11-27(24)35-14-25(23)30(33)36-26/h4-14,21H,15-17,32H2,1-3H3,(H2,33,36)/t21-/m1/s1. The Morgan fingerprint density at radius 3 is 2.52 bits per heavy atom. The number of anilines is 1. The van der Waals surface area contributed by atoms with E-state index in [-0.39, 0.29) is 18.5 Å². The topological polar surface area (TPSA) is 122 Å². The van der Waals surface area contributed by atoms with Crippen LogP contribution in [-0.2, 0) is 6.54 Å². The largest absolute Gasteiger partial charge is 0.493 e. The molecule has 0 radical (unpaired) electrons. The van der Waals surface area contributed by atoms with E-state index in [9.17, 15) is 4.39 Å². The third-order valence-electron chi connectivity index (χ3n) is 6.57. The van der Waals surface area contributed by atoms with Gasteiger partial charge in [-0.2, -0.15) is 0 Å². The Balaban J connectivity index is 1.34. The van der Waals surface area contributed by atoms with Crippen LogP contribution in [0.1, 0.15) is 5.56 Å². The molecule has 0 amide bonds. The highest BCUT2D eigenvalue weighted by atomic mass is 19.1. The predicted octanol–water partition coefficient (Wildman–Crippen LogP) is 4.42. The van der Waals surface area contributed by atoms with Crippen LogP contribution in [0.25, 0.3) is 32.9 Å². The van der Waals surface area contributed by atoms with Crippen molar-refractivity contribution in [2.75, 3.05) is 40.2 Å². The van der Waals surface area contributed by atoms with E-state index in [1.165, 1.54) is 12.1 Å². The van der Waals surface area contributed by atoms with Gasteiger partial charge < -0.3 is 30.6 Å². The third kappa shape index (κ3) is 5.88. The number of likely N-dealkylation sites (N-methyl/N-ethyl adjacent to an activating group) is 1. The Hall–Kier alpha value is -4.54. The van der Waals surface area contributed by atoms with Crippen molar-refractivity contribution in [1.82, 2.24) is 19.9 Å². The van der Waals surface area contributed by atoms with E-state index in [1.807, 2.05) is 42.3 Å². The lowest BCUT2D eigenvalue weighted by Gasteiger charge is -2.21. The van der Waals surface area contributed by atoms with E-state index in [0.29, 0.717) is 41.8 Å². The molecule has 4 N–H and O–H groups in total. The van der Waals surface area contributed by atoms with Crippen molar-refractivity contribution in [2.24, 2.45) is 5.73 Å². The molecular weight excluding hydrogens is 511 g/mol. The highest BCUT2D eigenvalue weighted by molar-refractivity contribution is 6.10. The Labute approximate surface area is 231 Å². The second kappa shape index (κ2) is 11.7. The van der Waals surface area contributed by atoms with Crippen molar-refractivity contribution >= 4 is 27.5 Å². The van der Waals surface area contributed by atoms with Crippen molar-refractivity contribution < 1.29 is 18.6 Å². The van der Waals surface area contributed by atoms with Gasteiger partial charge in [0, 0.05) is 47.9 Å². The first-order valence-corrected chi connectivity index (χ1v) is 12.7. The highest BCUT2D eigenvalue weighted by Gasteiger charge is 2.15. The van der Waals surface area contributed by atoms with E-state index >= 15 is 0 Å². The summed E-state index contributed by atoms with van der Waals surface area (Å²) in [5.41, 5.74) is 15.7. The minimum Gasteiger partial charge on any atom is -0.493 e. The Morgan fingerprint density at radius 1 is 0.950 bits per heavy atom. The van der Waals surface area contributed by atoms with Gasteiger partial charge in [-0.25, -0.2) is 9.37 Å². The molecule has 0 bridgehead atoms. The van der Waals surface area contributed by atoms with Gasteiger partial charge in [-0.15, -0.1) is 0 Å². The summed E-state index contributed by atoms with van der Waals surface area (Å²) in [6, 6.07) is 13.8. The van der Waals surface area contributed by atoms with Gasteiger partial charge >= 0.3 is 0 Å². The Bertz CT molecular complexity index is 1660. The second-order valence-electron chi connectivity index (χ2n) is 9.64. The molecule has 40 heavy (non-hydrogen) atoms. The summed E-state index contributed by atoms with van der Waals surface area (Å²) in [6.45, 7) is 1.44. The van der Waals surface area contributed by atoms with Crippen LogP contribution in [0.2, 0.25) is 0 Å². The van der Waals surface area contributed by atoms with Gasteiger partial charge in [-0.1, -0.05) is 12.1 Å². The number of hydrogen-bond donors (Lipinski definition) is 2. The zero-order valence-corrected chi connectivity index (χ0v) is 22.6. The maximum absolute atomic E-state index is 13.5. The van der Waals surface area contributed by atoms with E-state index in [2.05, 4.69) is 15.0 Å². The monoisotopic (exact) mass is 542 g/mol. The fourth-order valence-electron chi connectivity index (χ4n) is 4.71. The maximum atomic E-state index is 13.5. The number of ether oxygens (including phenoxy) is 3. The molecule has 0 aliphatic rings. The van der Waals surface area contributed by atoms with E-state index in [4.69, 9.17) is 25.7 Å². The molecule has 206 valence electrons. The van der Waals surface area contributed by atoms with Crippen molar-refractivity contribution in [3.63, 3.8) is 0 Å². The predicted molar refractivity (Wildman–Crippen MR) is 154 cm³/mol. The molecule has 0 unspecified atom stereocenters. The molecule has 5 rings (SSSR count). The molecule has 10 heteroatoms. The first kappa shape index (κ1) is 27.0. The van der Waals surface area contributed by atoms with Crippen molar-refractivity contribution in [3.8, 4) is 28.5 Å². The van der Waals surface area contributed by atoms with Gasteiger partial charge in [-0.3, -0.25) is 9.97 Å². The zero-order chi connectivity index (χ0) is 28.2. The molecule has 0 aliphatic heterocycles. The fourth-order valence-corrected chi connectivity index (χ4v) is 4.71. The number of methoxy groups -OCH3 is 2. The second-order valence-corrected chi connectivity index (χ2v) is 9.64. The van der Waals surface area contributed by atoms with Crippen molar-refractivity contribution in [2.45, 2.75) is 12.6 Å². The molecule has 2 aromatic carbocycles. The number of nitrogens with two attached hydrogens (primary N) is 2. The van der Waals surface area contributed by atoms with E-state index < -0.39 is 0 Å². The minimum atomic E-state index is -0.262. The number of pyridine rings is 3. The van der Waals surface area contributed by atoms with Gasteiger partial charge in [-0.05, 0) is 48.3 Å². The van der Waals surface area contributed by atoms with Gasteiger partial charge in [0.1, 0.15) is 24.0 Å². The van der Waals surface area contributed by atoms with Crippen LogP contribution < -0.4 is 25.7 Å². The normalized spacial score (nSPS) is 12.2. The molecule has 1 atom stereocenters. The van der Waals surface area contributed by atoms with Gasteiger partial charge in [0.25, 0.3) is 0 Å². The number of aromatic nitrogens is 3. The number of nitrogens with zero attached hydrogens (tertiary/aromatic N) is 4. The first-order valence-electron chi connectivity index (χ1n) is 12.7. The number of benzene rings is 2. The third-order valence-corrected chi connectivity index (χ3v) is 6.57. The maximum Gasteiger partial charge on any atom is 0.162 e. The molecule has 5 aromatic rings. The molecular formula is C30H31FN6O3. The molecule has 3 aromatic heterocycles. The van der Waals surface area contributed by atoms with Crippen LogP contribution in [0.4, 0.5) is 10.2 Å². The lowest BCUT2D eigenvalue weighted by Crippen LogP contribution is -2.39. The average molecular weight is 543 g/mol. The Kier molecular flexibility index (Phi) is 7.90.